The highest BCUT2D eigenvalue weighted by Crippen LogP contribution is 2.20. The van der Waals surface area contributed by atoms with Gasteiger partial charge in [-0.25, -0.2) is 13.2 Å². The van der Waals surface area contributed by atoms with Gasteiger partial charge in [0.1, 0.15) is 0 Å². The predicted molar refractivity (Wildman–Crippen MR) is 114 cm³/mol. The van der Waals surface area contributed by atoms with Crippen molar-refractivity contribution in [3.63, 3.8) is 0 Å². The van der Waals surface area contributed by atoms with Crippen molar-refractivity contribution in [2.75, 3.05) is 44.2 Å². The zero-order chi connectivity index (χ0) is 21.1. The van der Waals surface area contributed by atoms with Gasteiger partial charge in [0.15, 0.2) is 0 Å². The van der Waals surface area contributed by atoms with Gasteiger partial charge in [0.2, 0.25) is 10.0 Å². The van der Waals surface area contributed by atoms with Gasteiger partial charge < -0.3 is 10.2 Å². The molecule has 0 atom stereocenters. The SMILES string of the molecule is O=C(c1cccc(N2CCNC2=O)c1)N1CCN(S(=O)(=O)Cc2ccccc2)CC1. The molecule has 2 aromatic carbocycles. The van der Waals surface area contributed by atoms with E-state index in [2.05, 4.69) is 5.32 Å². The van der Waals surface area contributed by atoms with Crippen molar-refractivity contribution in [1.29, 1.82) is 0 Å². The van der Waals surface area contributed by atoms with Gasteiger partial charge in [-0.3, -0.25) is 9.69 Å². The van der Waals surface area contributed by atoms with Gasteiger partial charge in [-0.05, 0) is 23.8 Å². The highest BCUT2D eigenvalue weighted by molar-refractivity contribution is 7.88. The van der Waals surface area contributed by atoms with Gasteiger partial charge in [-0.2, -0.15) is 4.31 Å². The van der Waals surface area contributed by atoms with Gasteiger partial charge in [-0.1, -0.05) is 36.4 Å². The Labute approximate surface area is 176 Å². The number of hydrogen-bond acceptors (Lipinski definition) is 4. The molecular formula is C21H24N4O4S. The van der Waals surface area contributed by atoms with Crippen LogP contribution >= 0.6 is 0 Å². The van der Waals surface area contributed by atoms with Crippen LogP contribution in [0.4, 0.5) is 10.5 Å². The van der Waals surface area contributed by atoms with Crippen LogP contribution in [0.15, 0.2) is 54.6 Å². The maximum absolute atomic E-state index is 12.9. The Bertz CT molecular complexity index is 1030. The van der Waals surface area contributed by atoms with Crippen LogP contribution < -0.4 is 10.2 Å². The molecule has 0 aliphatic carbocycles. The van der Waals surface area contributed by atoms with Crippen LogP contribution in [0.1, 0.15) is 15.9 Å². The van der Waals surface area contributed by atoms with E-state index in [4.69, 9.17) is 0 Å². The molecule has 0 saturated carbocycles. The highest BCUT2D eigenvalue weighted by Gasteiger charge is 2.30. The Hall–Kier alpha value is -2.91. The fourth-order valence-electron chi connectivity index (χ4n) is 3.75. The number of amides is 3. The molecule has 0 bridgehead atoms. The van der Waals surface area contributed by atoms with Crippen LogP contribution in [-0.2, 0) is 15.8 Å². The van der Waals surface area contributed by atoms with E-state index in [1.54, 1.807) is 46.2 Å². The minimum atomic E-state index is -3.43. The number of nitrogens with one attached hydrogen (secondary N) is 1. The Morgan fingerprint density at radius 3 is 2.33 bits per heavy atom. The van der Waals surface area contributed by atoms with E-state index in [1.165, 1.54) is 4.31 Å². The fraction of sp³-hybridized carbons (Fsp3) is 0.333. The lowest BCUT2D eigenvalue weighted by Crippen LogP contribution is -2.50. The Morgan fingerprint density at radius 2 is 1.67 bits per heavy atom. The second kappa shape index (κ2) is 8.45. The molecule has 2 heterocycles. The lowest BCUT2D eigenvalue weighted by atomic mass is 10.1. The molecule has 2 aliphatic heterocycles. The van der Waals surface area contributed by atoms with Crippen molar-refractivity contribution in [2.24, 2.45) is 0 Å². The number of rotatable bonds is 5. The molecule has 2 saturated heterocycles. The number of urea groups is 1. The fourth-order valence-corrected chi connectivity index (χ4v) is 5.27. The van der Waals surface area contributed by atoms with Crippen molar-refractivity contribution < 1.29 is 18.0 Å². The molecule has 2 aliphatic rings. The van der Waals surface area contributed by atoms with Crippen LogP contribution in [-0.4, -0.2) is 68.8 Å². The van der Waals surface area contributed by atoms with Gasteiger partial charge in [0, 0.05) is 50.5 Å². The van der Waals surface area contributed by atoms with Gasteiger partial charge in [-0.15, -0.1) is 0 Å². The highest BCUT2D eigenvalue weighted by atomic mass is 32.2. The van der Waals surface area contributed by atoms with E-state index in [9.17, 15) is 18.0 Å². The number of nitrogens with zero attached hydrogens (tertiary/aromatic N) is 3. The topological polar surface area (TPSA) is 90.0 Å². The number of sulfonamides is 1. The molecule has 8 nitrogen and oxygen atoms in total. The number of carbonyl (C=O) groups excluding carboxylic acids is 2. The first-order valence-electron chi connectivity index (χ1n) is 9.90. The van der Waals surface area contributed by atoms with Crippen molar-refractivity contribution in [1.82, 2.24) is 14.5 Å². The van der Waals surface area contributed by atoms with Crippen molar-refractivity contribution in [2.45, 2.75) is 5.75 Å². The van der Waals surface area contributed by atoms with E-state index >= 15 is 0 Å². The summed E-state index contributed by atoms with van der Waals surface area (Å²) in [6.07, 6.45) is 0. The maximum Gasteiger partial charge on any atom is 0.321 e. The third kappa shape index (κ3) is 4.31. The van der Waals surface area contributed by atoms with Gasteiger partial charge in [0.05, 0.1) is 5.75 Å². The lowest BCUT2D eigenvalue weighted by Gasteiger charge is -2.34. The van der Waals surface area contributed by atoms with Crippen molar-refractivity contribution in [3.05, 3.63) is 65.7 Å². The first-order chi connectivity index (χ1) is 14.4. The molecule has 0 radical (unpaired) electrons. The van der Waals surface area contributed by atoms with Crippen molar-refractivity contribution >= 4 is 27.6 Å². The number of anilines is 1. The minimum absolute atomic E-state index is 0.0399. The monoisotopic (exact) mass is 428 g/mol. The number of hydrogen-bond donors (Lipinski definition) is 1. The number of benzene rings is 2. The van der Waals surface area contributed by atoms with E-state index in [-0.39, 0.29) is 30.8 Å². The molecule has 2 aromatic rings. The minimum Gasteiger partial charge on any atom is -0.336 e. The normalized spacial score (nSPS) is 17.8. The van der Waals surface area contributed by atoms with Crippen LogP contribution in [0.3, 0.4) is 0 Å². The summed E-state index contributed by atoms with van der Waals surface area (Å²) in [5.74, 6) is -0.196. The smallest absolute Gasteiger partial charge is 0.321 e. The molecule has 0 spiro atoms. The average Bonchev–Trinajstić information content (AvgIpc) is 3.20. The van der Waals surface area contributed by atoms with Gasteiger partial charge in [0.25, 0.3) is 5.91 Å². The summed E-state index contributed by atoms with van der Waals surface area (Å²) in [5.41, 5.74) is 1.92. The maximum atomic E-state index is 12.9. The summed E-state index contributed by atoms with van der Waals surface area (Å²) in [6, 6.07) is 15.9. The predicted octanol–water partition coefficient (Wildman–Crippen LogP) is 1.50. The Morgan fingerprint density at radius 1 is 0.933 bits per heavy atom. The third-order valence-corrected chi connectivity index (χ3v) is 7.22. The largest absolute Gasteiger partial charge is 0.336 e. The first kappa shape index (κ1) is 20.4. The summed E-state index contributed by atoms with van der Waals surface area (Å²) in [5, 5.41) is 2.75. The molecule has 158 valence electrons. The summed E-state index contributed by atoms with van der Waals surface area (Å²) >= 11 is 0. The quantitative estimate of drug-likeness (QED) is 0.782. The van der Waals surface area contributed by atoms with Crippen LogP contribution in [0.2, 0.25) is 0 Å². The van der Waals surface area contributed by atoms with E-state index in [1.807, 2.05) is 18.2 Å². The summed E-state index contributed by atoms with van der Waals surface area (Å²) in [4.78, 5) is 28.1. The molecule has 9 heteroatoms. The molecule has 2 fully saturated rings. The first-order valence-corrected chi connectivity index (χ1v) is 11.5. The summed E-state index contributed by atoms with van der Waals surface area (Å²) in [6.45, 7) is 2.36. The Balaban J connectivity index is 1.39. The molecular weight excluding hydrogens is 404 g/mol. The third-order valence-electron chi connectivity index (χ3n) is 5.37. The summed E-state index contributed by atoms with van der Waals surface area (Å²) in [7, 11) is -3.43. The summed E-state index contributed by atoms with van der Waals surface area (Å²) < 4.78 is 26.9. The molecule has 0 aromatic heterocycles. The molecule has 1 N–H and O–H groups in total. The van der Waals surface area contributed by atoms with Gasteiger partial charge >= 0.3 is 6.03 Å². The molecule has 30 heavy (non-hydrogen) atoms. The van der Waals surface area contributed by atoms with E-state index in [0.717, 1.165) is 5.56 Å². The second-order valence-electron chi connectivity index (χ2n) is 7.37. The number of piperazine rings is 1. The molecule has 0 unspecified atom stereocenters. The van der Waals surface area contributed by atoms with Crippen LogP contribution in [0, 0.1) is 0 Å². The average molecular weight is 429 g/mol. The van der Waals surface area contributed by atoms with Crippen molar-refractivity contribution in [3.8, 4) is 0 Å². The second-order valence-corrected chi connectivity index (χ2v) is 9.34. The van der Waals surface area contributed by atoms with E-state index in [0.29, 0.717) is 37.4 Å². The standard InChI is InChI=1S/C21H24N4O4S/c26-20(18-7-4-8-19(15-18)25-10-9-22-21(25)27)23-11-13-24(14-12-23)30(28,29)16-17-5-2-1-3-6-17/h1-8,15H,9-14,16H2,(H,22,27). The zero-order valence-electron chi connectivity index (χ0n) is 16.5. The lowest BCUT2D eigenvalue weighted by molar-refractivity contribution is 0.0697. The molecule has 4 rings (SSSR count). The molecule has 3 amide bonds. The van der Waals surface area contributed by atoms with Crippen LogP contribution in [0.25, 0.3) is 0 Å². The Kier molecular flexibility index (Phi) is 5.74. The van der Waals surface area contributed by atoms with E-state index < -0.39 is 10.0 Å². The zero-order valence-corrected chi connectivity index (χ0v) is 17.3. The number of carbonyl (C=O) groups is 2. The van der Waals surface area contributed by atoms with Crippen LogP contribution in [0.5, 0.6) is 0 Å².